The molecule has 1 heterocycles. The number of aliphatic hydroxyl groups is 1. The highest BCUT2D eigenvalue weighted by Crippen LogP contribution is 2.23. The predicted molar refractivity (Wildman–Crippen MR) is 63.9 cm³/mol. The average Bonchev–Trinajstić information content (AvgIpc) is 2.68. The Kier molecular flexibility index (Phi) is 3.04. The van der Waals surface area contributed by atoms with E-state index in [0.717, 1.165) is 5.52 Å². The maximum absolute atomic E-state index is 9.85. The standard InChI is InChI=1S/C12H16N2O3/c1-12(15,7-13)6-11-14-9-4-3-8(16-2)5-10(9)17-11/h3-5,15H,6-7,13H2,1-2H3. The van der Waals surface area contributed by atoms with Crippen LogP contribution in [0.4, 0.5) is 0 Å². The van der Waals surface area contributed by atoms with Crippen LogP contribution < -0.4 is 10.5 Å². The van der Waals surface area contributed by atoms with Gasteiger partial charge in [0.1, 0.15) is 11.3 Å². The third-order valence-corrected chi connectivity index (χ3v) is 2.61. The number of benzene rings is 1. The molecular weight excluding hydrogens is 220 g/mol. The second-order valence-corrected chi connectivity index (χ2v) is 4.32. The van der Waals surface area contributed by atoms with Crippen molar-refractivity contribution in [1.29, 1.82) is 0 Å². The van der Waals surface area contributed by atoms with Crippen LogP contribution in [0, 0.1) is 0 Å². The maximum Gasteiger partial charge on any atom is 0.198 e. The summed E-state index contributed by atoms with van der Waals surface area (Å²) in [6.07, 6.45) is 0.292. The zero-order valence-electron chi connectivity index (χ0n) is 9.93. The van der Waals surface area contributed by atoms with Crippen molar-refractivity contribution in [3.8, 4) is 5.75 Å². The molecule has 3 N–H and O–H groups in total. The van der Waals surface area contributed by atoms with Gasteiger partial charge in [-0.15, -0.1) is 0 Å². The van der Waals surface area contributed by atoms with E-state index >= 15 is 0 Å². The molecule has 1 unspecified atom stereocenters. The SMILES string of the molecule is COc1ccc2nc(CC(C)(O)CN)oc2c1. The molecule has 0 aliphatic rings. The molecule has 0 spiro atoms. The molecule has 1 aromatic carbocycles. The highest BCUT2D eigenvalue weighted by molar-refractivity contribution is 5.74. The van der Waals surface area contributed by atoms with Gasteiger partial charge in [-0.25, -0.2) is 4.98 Å². The van der Waals surface area contributed by atoms with Gasteiger partial charge in [-0.3, -0.25) is 0 Å². The fourth-order valence-corrected chi connectivity index (χ4v) is 1.55. The van der Waals surface area contributed by atoms with E-state index in [-0.39, 0.29) is 6.54 Å². The van der Waals surface area contributed by atoms with Crippen LogP contribution in [-0.2, 0) is 6.42 Å². The summed E-state index contributed by atoms with van der Waals surface area (Å²) >= 11 is 0. The van der Waals surface area contributed by atoms with E-state index in [4.69, 9.17) is 14.9 Å². The van der Waals surface area contributed by atoms with Crippen molar-refractivity contribution in [2.75, 3.05) is 13.7 Å². The second kappa shape index (κ2) is 4.35. The van der Waals surface area contributed by atoms with Crippen molar-refractivity contribution in [1.82, 2.24) is 4.98 Å². The van der Waals surface area contributed by atoms with Crippen molar-refractivity contribution in [2.45, 2.75) is 18.9 Å². The molecule has 0 saturated heterocycles. The average molecular weight is 236 g/mol. The van der Waals surface area contributed by atoms with Gasteiger partial charge in [0.15, 0.2) is 11.5 Å². The molecule has 92 valence electrons. The van der Waals surface area contributed by atoms with E-state index < -0.39 is 5.60 Å². The number of nitrogens with two attached hydrogens (primary N) is 1. The van der Waals surface area contributed by atoms with Crippen LogP contribution in [-0.4, -0.2) is 29.3 Å². The molecule has 2 rings (SSSR count). The summed E-state index contributed by atoms with van der Waals surface area (Å²) in [5.41, 5.74) is 5.85. The quantitative estimate of drug-likeness (QED) is 0.830. The molecule has 0 radical (unpaired) electrons. The summed E-state index contributed by atoms with van der Waals surface area (Å²) in [7, 11) is 1.59. The Bertz CT molecular complexity index is 519. The van der Waals surface area contributed by atoms with Crippen LogP contribution in [0.3, 0.4) is 0 Å². The van der Waals surface area contributed by atoms with Crippen molar-refractivity contribution in [2.24, 2.45) is 5.73 Å². The molecule has 17 heavy (non-hydrogen) atoms. The lowest BCUT2D eigenvalue weighted by Crippen LogP contribution is -2.36. The Morgan fingerprint density at radius 2 is 2.29 bits per heavy atom. The molecule has 1 aromatic heterocycles. The fraction of sp³-hybridized carbons (Fsp3) is 0.417. The van der Waals surface area contributed by atoms with Gasteiger partial charge in [0, 0.05) is 12.6 Å². The first-order valence-corrected chi connectivity index (χ1v) is 5.40. The summed E-state index contributed by atoms with van der Waals surface area (Å²) < 4.78 is 10.6. The largest absolute Gasteiger partial charge is 0.497 e. The van der Waals surface area contributed by atoms with Crippen LogP contribution in [0.25, 0.3) is 11.1 Å². The fourth-order valence-electron chi connectivity index (χ4n) is 1.55. The third-order valence-electron chi connectivity index (χ3n) is 2.61. The highest BCUT2D eigenvalue weighted by Gasteiger charge is 2.22. The zero-order chi connectivity index (χ0) is 12.5. The van der Waals surface area contributed by atoms with Gasteiger partial charge >= 0.3 is 0 Å². The van der Waals surface area contributed by atoms with E-state index in [1.807, 2.05) is 12.1 Å². The molecular formula is C12H16N2O3. The number of ether oxygens (including phenoxy) is 1. The molecule has 5 heteroatoms. The molecule has 0 saturated carbocycles. The number of fused-ring (bicyclic) bond motifs is 1. The summed E-state index contributed by atoms with van der Waals surface area (Å²) in [5.74, 6) is 1.19. The molecule has 1 atom stereocenters. The van der Waals surface area contributed by atoms with E-state index in [9.17, 15) is 5.11 Å². The third kappa shape index (κ3) is 2.57. The van der Waals surface area contributed by atoms with Crippen molar-refractivity contribution in [3.63, 3.8) is 0 Å². The Morgan fingerprint density at radius 3 is 2.94 bits per heavy atom. The summed E-state index contributed by atoms with van der Waals surface area (Å²) in [5, 5.41) is 9.85. The Labute approximate surface area is 99.2 Å². The van der Waals surface area contributed by atoms with Gasteiger partial charge in [0.25, 0.3) is 0 Å². The summed E-state index contributed by atoms with van der Waals surface area (Å²) in [6.45, 7) is 1.82. The maximum atomic E-state index is 9.85. The lowest BCUT2D eigenvalue weighted by molar-refractivity contribution is 0.0632. The van der Waals surface area contributed by atoms with Gasteiger partial charge in [0.05, 0.1) is 19.1 Å². The first kappa shape index (κ1) is 11.9. The minimum atomic E-state index is -0.995. The molecule has 0 aliphatic heterocycles. The van der Waals surface area contributed by atoms with Crippen LogP contribution in [0.2, 0.25) is 0 Å². The Morgan fingerprint density at radius 1 is 1.53 bits per heavy atom. The molecule has 0 aliphatic carbocycles. The minimum absolute atomic E-state index is 0.162. The molecule has 0 fully saturated rings. The van der Waals surface area contributed by atoms with Crippen LogP contribution >= 0.6 is 0 Å². The van der Waals surface area contributed by atoms with Crippen LogP contribution in [0.15, 0.2) is 22.6 Å². The van der Waals surface area contributed by atoms with E-state index in [1.54, 1.807) is 20.1 Å². The van der Waals surface area contributed by atoms with Gasteiger partial charge in [-0.05, 0) is 19.1 Å². The Hall–Kier alpha value is -1.59. The van der Waals surface area contributed by atoms with Gasteiger partial charge < -0.3 is 20.0 Å². The number of aromatic nitrogens is 1. The monoisotopic (exact) mass is 236 g/mol. The van der Waals surface area contributed by atoms with Crippen molar-refractivity contribution in [3.05, 3.63) is 24.1 Å². The normalized spacial score (nSPS) is 14.8. The summed E-state index contributed by atoms with van der Waals surface area (Å²) in [6, 6.07) is 5.40. The van der Waals surface area contributed by atoms with Gasteiger partial charge in [0.2, 0.25) is 0 Å². The smallest absolute Gasteiger partial charge is 0.198 e. The van der Waals surface area contributed by atoms with Gasteiger partial charge in [-0.1, -0.05) is 0 Å². The molecule has 5 nitrogen and oxygen atoms in total. The van der Waals surface area contributed by atoms with E-state index in [2.05, 4.69) is 4.98 Å². The first-order chi connectivity index (χ1) is 8.04. The molecule has 0 amide bonds. The van der Waals surface area contributed by atoms with Crippen LogP contribution in [0.5, 0.6) is 5.75 Å². The van der Waals surface area contributed by atoms with Crippen LogP contribution in [0.1, 0.15) is 12.8 Å². The lowest BCUT2D eigenvalue weighted by Gasteiger charge is -2.18. The highest BCUT2D eigenvalue weighted by atomic mass is 16.5. The summed E-state index contributed by atoms with van der Waals surface area (Å²) in [4.78, 5) is 4.28. The van der Waals surface area contributed by atoms with Crippen molar-refractivity contribution >= 4 is 11.1 Å². The van der Waals surface area contributed by atoms with Crippen molar-refractivity contribution < 1.29 is 14.3 Å². The molecule has 2 aromatic rings. The van der Waals surface area contributed by atoms with E-state index in [1.165, 1.54) is 0 Å². The topological polar surface area (TPSA) is 81.5 Å². The number of methoxy groups -OCH3 is 1. The minimum Gasteiger partial charge on any atom is -0.497 e. The first-order valence-electron chi connectivity index (χ1n) is 5.40. The second-order valence-electron chi connectivity index (χ2n) is 4.32. The number of rotatable bonds is 4. The number of hydrogen-bond donors (Lipinski definition) is 2. The lowest BCUT2D eigenvalue weighted by atomic mass is 10.0. The predicted octanol–water partition coefficient (Wildman–Crippen LogP) is 1.09. The van der Waals surface area contributed by atoms with E-state index in [0.29, 0.717) is 23.6 Å². The number of oxazole rings is 1. The number of hydrogen-bond acceptors (Lipinski definition) is 5. The van der Waals surface area contributed by atoms with Gasteiger partial charge in [-0.2, -0.15) is 0 Å². The Balaban J connectivity index is 2.31. The number of nitrogens with zero attached hydrogens (tertiary/aromatic N) is 1. The zero-order valence-corrected chi connectivity index (χ0v) is 9.93. The molecule has 0 bridgehead atoms.